The van der Waals surface area contributed by atoms with Crippen LogP contribution in [0.3, 0.4) is 0 Å². The van der Waals surface area contributed by atoms with E-state index in [1.54, 1.807) is 18.0 Å². The Bertz CT molecular complexity index is 560. The third kappa shape index (κ3) is 4.77. The van der Waals surface area contributed by atoms with Crippen molar-refractivity contribution in [3.8, 4) is 0 Å². The van der Waals surface area contributed by atoms with E-state index in [0.29, 0.717) is 0 Å². The molecule has 0 bridgehead atoms. The van der Waals surface area contributed by atoms with Gasteiger partial charge in [0, 0.05) is 27.1 Å². The van der Waals surface area contributed by atoms with Crippen LogP contribution in [-0.4, -0.2) is 11.5 Å². The quantitative estimate of drug-likeness (QED) is 0.711. The van der Waals surface area contributed by atoms with E-state index in [-0.39, 0.29) is 0 Å². The Balaban J connectivity index is 2.03. The molecule has 2 aromatic rings. The Labute approximate surface area is 137 Å². The Morgan fingerprint density at radius 2 is 2.15 bits per heavy atom. The molecule has 106 valence electrons. The lowest BCUT2D eigenvalue weighted by Gasteiger charge is -2.08. The van der Waals surface area contributed by atoms with E-state index in [4.69, 9.17) is 11.6 Å². The molecule has 1 aromatic carbocycles. The fraction of sp³-hybridized carbons (Fsp3) is 0.267. The summed E-state index contributed by atoms with van der Waals surface area (Å²) in [5.41, 5.74) is 1.13. The molecule has 2 nitrogen and oxygen atoms in total. The number of nitrogens with zero attached hydrogens (tertiary/aromatic N) is 1. The molecule has 5 heteroatoms. The highest BCUT2D eigenvalue weighted by Gasteiger charge is 2.04. The number of halogens is 2. The predicted molar refractivity (Wildman–Crippen MR) is 89.5 cm³/mol. The van der Waals surface area contributed by atoms with Gasteiger partial charge >= 0.3 is 0 Å². The van der Waals surface area contributed by atoms with Crippen molar-refractivity contribution in [1.29, 1.82) is 0 Å². The molecule has 0 aliphatic rings. The number of aromatic nitrogens is 1. The zero-order chi connectivity index (χ0) is 14.4. The van der Waals surface area contributed by atoms with Gasteiger partial charge in [0.05, 0.1) is 0 Å². The van der Waals surface area contributed by atoms with Crippen molar-refractivity contribution in [3.63, 3.8) is 0 Å². The summed E-state index contributed by atoms with van der Waals surface area (Å²) >= 11 is 11.3. The first-order valence-corrected chi connectivity index (χ1v) is 8.46. The predicted octanol–water partition coefficient (Wildman–Crippen LogP) is 5.15. The van der Waals surface area contributed by atoms with Crippen LogP contribution in [0.15, 0.2) is 50.9 Å². The second kappa shape index (κ2) is 8.03. The highest BCUT2D eigenvalue weighted by molar-refractivity contribution is 9.10. The summed E-state index contributed by atoms with van der Waals surface area (Å²) in [5, 5.41) is 5.12. The topological polar surface area (TPSA) is 24.9 Å². The number of hydrogen-bond acceptors (Lipinski definition) is 3. The van der Waals surface area contributed by atoms with Crippen molar-refractivity contribution < 1.29 is 0 Å². The minimum absolute atomic E-state index is 0.802. The molecule has 1 heterocycles. The average molecular weight is 372 g/mol. The summed E-state index contributed by atoms with van der Waals surface area (Å²) in [5.74, 6) is 0. The van der Waals surface area contributed by atoms with Crippen LogP contribution < -0.4 is 5.32 Å². The highest BCUT2D eigenvalue weighted by atomic mass is 79.9. The zero-order valence-corrected chi connectivity index (χ0v) is 14.4. The second-order valence-corrected chi connectivity index (χ2v) is 6.76. The highest BCUT2D eigenvalue weighted by Crippen LogP contribution is 2.30. The summed E-state index contributed by atoms with van der Waals surface area (Å²) in [4.78, 5) is 5.45. The van der Waals surface area contributed by atoms with Crippen LogP contribution >= 0.6 is 39.3 Å². The molecule has 0 radical (unpaired) electrons. The van der Waals surface area contributed by atoms with E-state index in [1.165, 1.54) is 0 Å². The molecule has 2 rings (SSSR count). The van der Waals surface area contributed by atoms with Crippen LogP contribution in [0, 0.1) is 0 Å². The van der Waals surface area contributed by atoms with E-state index in [9.17, 15) is 0 Å². The minimum atomic E-state index is 0.802. The fourth-order valence-electron chi connectivity index (χ4n) is 1.68. The Morgan fingerprint density at radius 1 is 1.30 bits per heavy atom. The molecule has 0 aliphatic carbocycles. The van der Waals surface area contributed by atoms with Crippen LogP contribution in [-0.2, 0) is 6.54 Å². The number of hydrogen-bond donors (Lipinski definition) is 1. The molecule has 0 aliphatic heterocycles. The van der Waals surface area contributed by atoms with E-state index < -0.39 is 0 Å². The van der Waals surface area contributed by atoms with Gasteiger partial charge in [-0.25, -0.2) is 4.98 Å². The van der Waals surface area contributed by atoms with Gasteiger partial charge < -0.3 is 5.32 Å². The van der Waals surface area contributed by atoms with Crippen LogP contribution in [0.4, 0.5) is 0 Å². The van der Waals surface area contributed by atoms with Crippen molar-refractivity contribution in [3.05, 3.63) is 51.6 Å². The van der Waals surface area contributed by atoms with Gasteiger partial charge in [-0.15, -0.1) is 0 Å². The summed E-state index contributed by atoms with van der Waals surface area (Å²) in [7, 11) is 0. The summed E-state index contributed by atoms with van der Waals surface area (Å²) in [6.45, 7) is 3.98. The monoisotopic (exact) mass is 370 g/mol. The first kappa shape index (κ1) is 15.8. The normalized spacial score (nSPS) is 10.8. The minimum Gasteiger partial charge on any atom is -0.313 e. The van der Waals surface area contributed by atoms with Gasteiger partial charge in [0.1, 0.15) is 5.03 Å². The van der Waals surface area contributed by atoms with Crippen molar-refractivity contribution in [1.82, 2.24) is 10.3 Å². The maximum atomic E-state index is 6.32. The molecule has 1 N–H and O–H groups in total. The summed E-state index contributed by atoms with van der Waals surface area (Å²) < 4.78 is 0.984. The molecule has 0 amide bonds. The Hall–Kier alpha value is -0.550. The summed E-state index contributed by atoms with van der Waals surface area (Å²) in [6.07, 6.45) is 2.92. The SMILES string of the molecule is CCCNCc1ccc(Sc2ccc(Br)cn2)cc1Cl. The second-order valence-electron chi connectivity index (χ2n) is 4.35. The van der Waals surface area contributed by atoms with Gasteiger partial charge in [-0.05, 0) is 58.7 Å². The Morgan fingerprint density at radius 3 is 2.80 bits per heavy atom. The van der Waals surface area contributed by atoms with Gasteiger partial charge in [0.25, 0.3) is 0 Å². The number of benzene rings is 1. The lowest BCUT2D eigenvalue weighted by molar-refractivity contribution is 0.675. The number of nitrogens with one attached hydrogen (secondary N) is 1. The van der Waals surface area contributed by atoms with Gasteiger partial charge in [-0.2, -0.15) is 0 Å². The van der Waals surface area contributed by atoms with E-state index in [0.717, 1.165) is 44.5 Å². The van der Waals surface area contributed by atoms with Crippen molar-refractivity contribution in [2.24, 2.45) is 0 Å². The van der Waals surface area contributed by atoms with Crippen LogP contribution in [0.5, 0.6) is 0 Å². The van der Waals surface area contributed by atoms with Gasteiger partial charge in [-0.3, -0.25) is 0 Å². The largest absolute Gasteiger partial charge is 0.313 e. The molecule has 20 heavy (non-hydrogen) atoms. The van der Waals surface area contributed by atoms with Crippen molar-refractivity contribution in [2.75, 3.05) is 6.54 Å². The molecular weight excluding hydrogens is 356 g/mol. The van der Waals surface area contributed by atoms with Gasteiger partial charge in [-0.1, -0.05) is 36.4 Å². The molecule has 0 fully saturated rings. The third-order valence-corrected chi connectivity index (χ3v) is 4.45. The molecule has 0 saturated heterocycles. The maximum absolute atomic E-state index is 6.32. The average Bonchev–Trinajstić information content (AvgIpc) is 2.44. The molecule has 0 unspecified atom stereocenters. The van der Waals surface area contributed by atoms with Gasteiger partial charge in [0.15, 0.2) is 0 Å². The lowest BCUT2D eigenvalue weighted by Crippen LogP contribution is -2.13. The van der Waals surface area contributed by atoms with E-state index in [2.05, 4.69) is 45.3 Å². The van der Waals surface area contributed by atoms with E-state index in [1.807, 2.05) is 18.2 Å². The smallest absolute Gasteiger partial charge is 0.101 e. The molecule has 1 aromatic heterocycles. The number of pyridine rings is 1. The Kier molecular flexibility index (Phi) is 6.36. The third-order valence-electron chi connectivity index (χ3n) is 2.69. The fourth-order valence-corrected chi connectivity index (χ4v) is 3.02. The van der Waals surface area contributed by atoms with Crippen LogP contribution in [0.25, 0.3) is 0 Å². The first-order valence-electron chi connectivity index (χ1n) is 6.47. The van der Waals surface area contributed by atoms with Crippen molar-refractivity contribution in [2.45, 2.75) is 29.8 Å². The number of rotatable bonds is 6. The van der Waals surface area contributed by atoms with Gasteiger partial charge in [0.2, 0.25) is 0 Å². The van der Waals surface area contributed by atoms with Crippen LogP contribution in [0.1, 0.15) is 18.9 Å². The summed E-state index contributed by atoms with van der Waals surface area (Å²) in [6, 6.07) is 10.1. The maximum Gasteiger partial charge on any atom is 0.101 e. The van der Waals surface area contributed by atoms with Crippen molar-refractivity contribution >= 4 is 39.3 Å². The zero-order valence-electron chi connectivity index (χ0n) is 11.2. The van der Waals surface area contributed by atoms with E-state index >= 15 is 0 Å². The molecule has 0 saturated carbocycles. The molecular formula is C15H16BrClN2S. The lowest BCUT2D eigenvalue weighted by atomic mass is 10.2. The molecule has 0 spiro atoms. The first-order chi connectivity index (χ1) is 9.69. The van der Waals surface area contributed by atoms with Crippen LogP contribution in [0.2, 0.25) is 5.02 Å². The standard InChI is InChI=1S/C15H16BrClN2S/c1-2-7-18-9-11-3-5-13(8-14(11)17)20-15-6-4-12(16)10-19-15/h3-6,8,10,18H,2,7,9H2,1H3. The molecule has 0 atom stereocenters.